The van der Waals surface area contributed by atoms with Crippen molar-refractivity contribution in [3.63, 3.8) is 0 Å². The standard InChI is InChI=1S/C12H16N4/c1-10(13)12-8-14-9-16(12)7-5-11-4-2-3-6-15-11/h2-4,6,8-10H,5,7,13H2,1H3. The van der Waals surface area contributed by atoms with Crippen LogP contribution in [-0.4, -0.2) is 14.5 Å². The molecule has 2 rings (SSSR count). The van der Waals surface area contributed by atoms with Crippen molar-refractivity contribution < 1.29 is 0 Å². The van der Waals surface area contributed by atoms with Crippen LogP contribution >= 0.6 is 0 Å². The molecule has 0 spiro atoms. The van der Waals surface area contributed by atoms with E-state index in [0.717, 1.165) is 24.4 Å². The number of pyridine rings is 1. The van der Waals surface area contributed by atoms with Gasteiger partial charge in [-0.1, -0.05) is 6.07 Å². The lowest BCUT2D eigenvalue weighted by atomic mass is 10.2. The number of rotatable bonds is 4. The molecule has 16 heavy (non-hydrogen) atoms. The summed E-state index contributed by atoms with van der Waals surface area (Å²) in [5, 5.41) is 0. The second kappa shape index (κ2) is 4.90. The Morgan fingerprint density at radius 1 is 1.44 bits per heavy atom. The van der Waals surface area contributed by atoms with Gasteiger partial charge < -0.3 is 10.3 Å². The number of imidazole rings is 1. The van der Waals surface area contributed by atoms with Gasteiger partial charge in [0.05, 0.1) is 12.0 Å². The highest BCUT2D eigenvalue weighted by molar-refractivity contribution is 5.06. The molecule has 1 atom stereocenters. The summed E-state index contributed by atoms with van der Waals surface area (Å²) in [7, 11) is 0. The molecule has 0 aliphatic heterocycles. The van der Waals surface area contributed by atoms with Gasteiger partial charge in [0.25, 0.3) is 0 Å². The zero-order chi connectivity index (χ0) is 11.4. The second-order valence-corrected chi connectivity index (χ2v) is 3.87. The van der Waals surface area contributed by atoms with Crippen molar-refractivity contribution >= 4 is 0 Å². The van der Waals surface area contributed by atoms with Crippen LogP contribution in [0.5, 0.6) is 0 Å². The predicted molar refractivity (Wildman–Crippen MR) is 62.8 cm³/mol. The van der Waals surface area contributed by atoms with Crippen molar-refractivity contribution in [3.8, 4) is 0 Å². The molecule has 0 saturated carbocycles. The van der Waals surface area contributed by atoms with E-state index in [2.05, 4.69) is 14.5 Å². The van der Waals surface area contributed by atoms with Gasteiger partial charge in [0.2, 0.25) is 0 Å². The number of hydrogen-bond donors (Lipinski definition) is 1. The third-order valence-electron chi connectivity index (χ3n) is 2.55. The number of hydrogen-bond acceptors (Lipinski definition) is 3. The molecule has 0 aliphatic rings. The third kappa shape index (κ3) is 2.46. The summed E-state index contributed by atoms with van der Waals surface area (Å²) in [6.07, 6.45) is 6.36. The highest BCUT2D eigenvalue weighted by Crippen LogP contribution is 2.09. The van der Waals surface area contributed by atoms with Gasteiger partial charge in [-0.25, -0.2) is 4.98 Å². The summed E-state index contributed by atoms with van der Waals surface area (Å²) in [4.78, 5) is 8.41. The zero-order valence-corrected chi connectivity index (χ0v) is 9.37. The van der Waals surface area contributed by atoms with E-state index in [9.17, 15) is 0 Å². The van der Waals surface area contributed by atoms with Crippen molar-refractivity contribution in [2.75, 3.05) is 0 Å². The predicted octanol–water partition coefficient (Wildman–Crippen LogP) is 1.54. The number of nitrogens with two attached hydrogens (primary N) is 1. The molecule has 0 radical (unpaired) electrons. The Kier molecular flexibility index (Phi) is 3.31. The normalized spacial score (nSPS) is 12.6. The first-order valence-electron chi connectivity index (χ1n) is 5.43. The average Bonchev–Trinajstić information content (AvgIpc) is 2.76. The van der Waals surface area contributed by atoms with Crippen LogP contribution in [0, 0.1) is 0 Å². The molecule has 0 fully saturated rings. The van der Waals surface area contributed by atoms with E-state index in [1.165, 1.54) is 0 Å². The fourth-order valence-electron chi connectivity index (χ4n) is 1.68. The Morgan fingerprint density at radius 2 is 2.31 bits per heavy atom. The first-order chi connectivity index (χ1) is 7.77. The molecular weight excluding hydrogens is 200 g/mol. The quantitative estimate of drug-likeness (QED) is 0.843. The van der Waals surface area contributed by atoms with Gasteiger partial charge in [-0.2, -0.15) is 0 Å². The highest BCUT2D eigenvalue weighted by atomic mass is 15.1. The van der Waals surface area contributed by atoms with Crippen molar-refractivity contribution in [3.05, 3.63) is 48.3 Å². The van der Waals surface area contributed by atoms with Crippen LogP contribution in [0.3, 0.4) is 0 Å². The molecular formula is C12H16N4. The molecule has 2 heterocycles. The van der Waals surface area contributed by atoms with Crippen LogP contribution < -0.4 is 5.73 Å². The Balaban J connectivity index is 2.02. The maximum atomic E-state index is 5.85. The largest absolute Gasteiger partial charge is 0.333 e. The Morgan fingerprint density at radius 3 is 3.00 bits per heavy atom. The Hall–Kier alpha value is -1.68. The highest BCUT2D eigenvalue weighted by Gasteiger charge is 2.06. The number of nitrogens with zero attached hydrogens (tertiary/aromatic N) is 3. The van der Waals surface area contributed by atoms with Crippen molar-refractivity contribution in [1.82, 2.24) is 14.5 Å². The van der Waals surface area contributed by atoms with E-state index in [1.54, 1.807) is 0 Å². The third-order valence-corrected chi connectivity index (χ3v) is 2.55. The fraction of sp³-hybridized carbons (Fsp3) is 0.333. The summed E-state index contributed by atoms with van der Waals surface area (Å²) < 4.78 is 2.08. The van der Waals surface area contributed by atoms with Crippen molar-refractivity contribution in [2.24, 2.45) is 5.73 Å². The average molecular weight is 216 g/mol. The minimum Gasteiger partial charge on any atom is -0.333 e. The van der Waals surface area contributed by atoms with Gasteiger partial charge in [-0.05, 0) is 19.1 Å². The topological polar surface area (TPSA) is 56.7 Å². The molecule has 2 aromatic rings. The van der Waals surface area contributed by atoms with Gasteiger partial charge in [0, 0.05) is 37.1 Å². The van der Waals surface area contributed by atoms with Crippen LogP contribution in [-0.2, 0) is 13.0 Å². The lowest BCUT2D eigenvalue weighted by Crippen LogP contribution is -2.13. The van der Waals surface area contributed by atoms with Gasteiger partial charge >= 0.3 is 0 Å². The Bertz CT molecular complexity index is 433. The maximum Gasteiger partial charge on any atom is 0.0948 e. The molecule has 0 saturated heterocycles. The molecule has 0 amide bonds. The second-order valence-electron chi connectivity index (χ2n) is 3.87. The molecule has 0 aromatic carbocycles. The first kappa shape index (κ1) is 10.8. The Labute approximate surface area is 95.1 Å². The zero-order valence-electron chi connectivity index (χ0n) is 9.37. The van der Waals surface area contributed by atoms with Gasteiger partial charge in [0.1, 0.15) is 0 Å². The van der Waals surface area contributed by atoms with Crippen molar-refractivity contribution in [1.29, 1.82) is 0 Å². The van der Waals surface area contributed by atoms with E-state index in [-0.39, 0.29) is 6.04 Å². The first-order valence-corrected chi connectivity index (χ1v) is 5.43. The molecule has 84 valence electrons. The van der Waals surface area contributed by atoms with E-state index in [4.69, 9.17) is 5.73 Å². The van der Waals surface area contributed by atoms with Gasteiger partial charge in [-0.15, -0.1) is 0 Å². The maximum absolute atomic E-state index is 5.85. The lowest BCUT2D eigenvalue weighted by Gasteiger charge is -2.10. The van der Waals surface area contributed by atoms with E-state index in [0.29, 0.717) is 0 Å². The van der Waals surface area contributed by atoms with E-state index < -0.39 is 0 Å². The van der Waals surface area contributed by atoms with Crippen LogP contribution in [0.1, 0.15) is 24.4 Å². The number of aryl methyl sites for hydroxylation is 2. The van der Waals surface area contributed by atoms with Gasteiger partial charge in [0.15, 0.2) is 0 Å². The molecule has 0 bridgehead atoms. The van der Waals surface area contributed by atoms with Crippen LogP contribution in [0.4, 0.5) is 0 Å². The molecule has 2 N–H and O–H groups in total. The SMILES string of the molecule is CC(N)c1cncn1CCc1ccccn1. The van der Waals surface area contributed by atoms with Gasteiger partial charge in [-0.3, -0.25) is 4.98 Å². The molecule has 1 unspecified atom stereocenters. The lowest BCUT2D eigenvalue weighted by molar-refractivity contribution is 0.618. The fourth-order valence-corrected chi connectivity index (χ4v) is 1.68. The summed E-state index contributed by atoms with van der Waals surface area (Å²) in [5.41, 5.74) is 8.01. The molecule has 4 nitrogen and oxygen atoms in total. The van der Waals surface area contributed by atoms with E-state index in [1.807, 2.05) is 43.8 Å². The monoisotopic (exact) mass is 216 g/mol. The van der Waals surface area contributed by atoms with Crippen LogP contribution in [0.15, 0.2) is 36.9 Å². The summed E-state index contributed by atoms with van der Waals surface area (Å²) in [6, 6.07) is 5.98. The van der Waals surface area contributed by atoms with Crippen LogP contribution in [0.2, 0.25) is 0 Å². The molecule has 2 aromatic heterocycles. The minimum absolute atomic E-state index is 0.0197. The van der Waals surface area contributed by atoms with Crippen LogP contribution in [0.25, 0.3) is 0 Å². The summed E-state index contributed by atoms with van der Waals surface area (Å²) in [5.74, 6) is 0. The van der Waals surface area contributed by atoms with Crippen molar-refractivity contribution in [2.45, 2.75) is 25.9 Å². The van der Waals surface area contributed by atoms with E-state index >= 15 is 0 Å². The minimum atomic E-state index is 0.0197. The molecule has 4 heteroatoms. The molecule has 0 aliphatic carbocycles. The summed E-state index contributed by atoms with van der Waals surface area (Å²) in [6.45, 7) is 2.84. The summed E-state index contributed by atoms with van der Waals surface area (Å²) >= 11 is 0. The number of aromatic nitrogens is 3. The smallest absolute Gasteiger partial charge is 0.0948 e.